The minimum Gasteiger partial charge on any atom is -0.294 e. The maximum Gasteiger partial charge on any atom is 0.172 e. The summed E-state index contributed by atoms with van der Waals surface area (Å²) >= 11 is 0. The number of Topliss-reactive ketones (excluding diaryl/α,β-unsaturated/α-hetero) is 2. The van der Waals surface area contributed by atoms with Crippen LogP contribution >= 0.6 is 0 Å². The molecule has 0 saturated carbocycles. The van der Waals surface area contributed by atoms with E-state index in [2.05, 4.69) is 4.98 Å². The van der Waals surface area contributed by atoms with Gasteiger partial charge in [0.2, 0.25) is 0 Å². The molecule has 1 aromatic rings. The zero-order chi connectivity index (χ0) is 7.84. The molecule has 3 nitrogen and oxygen atoms in total. The SMILES string of the molecule is O=C1CC(=O)c2cnccc21. The van der Waals surface area contributed by atoms with Gasteiger partial charge in [0, 0.05) is 23.5 Å². The molecule has 0 saturated heterocycles. The van der Waals surface area contributed by atoms with Crippen molar-refractivity contribution in [3.8, 4) is 0 Å². The normalized spacial score (nSPS) is 15.3. The molecule has 0 spiro atoms. The monoisotopic (exact) mass is 147 g/mol. The van der Waals surface area contributed by atoms with Gasteiger partial charge >= 0.3 is 0 Å². The molecule has 2 rings (SSSR count). The molecule has 1 aliphatic rings. The summed E-state index contributed by atoms with van der Waals surface area (Å²) in [5, 5.41) is 0. The van der Waals surface area contributed by atoms with E-state index < -0.39 is 0 Å². The Morgan fingerprint density at radius 1 is 1.18 bits per heavy atom. The molecule has 0 unspecified atom stereocenters. The molecular formula is C8H5NO2. The average Bonchev–Trinajstić information content (AvgIpc) is 2.30. The first-order chi connectivity index (χ1) is 5.29. The molecule has 0 aliphatic heterocycles. The summed E-state index contributed by atoms with van der Waals surface area (Å²) in [6, 6.07) is 1.59. The van der Waals surface area contributed by atoms with Crippen molar-refractivity contribution < 1.29 is 9.59 Å². The second-order valence-corrected chi connectivity index (χ2v) is 2.44. The Balaban J connectivity index is 2.69. The van der Waals surface area contributed by atoms with Gasteiger partial charge in [-0.3, -0.25) is 14.6 Å². The number of aromatic nitrogens is 1. The standard InChI is InChI=1S/C8H5NO2/c10-7-3-8(11)6-4-9-2-1-5(6)7/h1-2,4H,3H2. The summed E-state index contributed by atoms with van der Waals surface area (Å²) < 4.78 is 0. The highest BCUT2D eigenvalue weighted by atomic mass is 16.2. The molecule has 11 heavy (non-hydrogen) atoms. The number of carbonyl (C=O) groups is 2. The molecule has 0 bridgehead atoms. The molecule has 1 aromatic heterocycles. The molecule has 1 heterocycles. The summed E-state index contributed by atoms with van der Waals surface area (Å²) in [6.07, 6.45) is 2.99. The van der Waals surface area contributed by atoms with E-state index in [0.29, 0.717) is 11.1 Å². The van der Waals surface area contributed by atoms with Gasteiger partial charge < -0.3 is 0 Å². The van der Waals surface area contributed by atoms with Gasteiger partial charge in [-0.15, -0.1) is 0 Å². The number of fused-ring (bicyclic) bond motifs is 1. The third-order valence-corrected chi connectivity index (χ3v) is 1.74. The fourth-order valence-corrected chi connectivity index (χ4v) is 1.20. The largest absolute Gasteiger partial charge is 0.294 e. The number of hydrogen-bond acceptors (Lipinski definition) is 3. The lowest BCUT2D eigenvalue weighted by atomic mass is 10.2. The molecule has 0 amide bonds. The van der Waals surface area contributed by atoms with E-state index >= 15 is 0 Å². The number of carbonyl (C=O) groups excluding carboxylic acids is 2. The van der Waals surface area contributed by atoms with Crippen LogP contribution in [0.5, 0.6) is 0 Å². The van der Waals surface area contributed by atoms with Gasteiger partial charge in [0.25, 0.3) is 0 Å². The van der Waals surface area contributed by atoms with Crippen LogP contribution in [-0.4, -0.2) is 16.6 Å². The number of nitrogens with zero attached hydrogens (tertiary/aromatic N) is 1. The average molecular weight is 147 g/mol. The van der Waals surface area contributed by atoms with Crippen LogP contribution in [0.3, 0.4) is 0 Å². The fraction of sp³-hybridized carbons (Fsp3) is 0.125. The summed E-state index contributed by atoms with van der Waals surface area (Å²) in [4.78, 5) is 25.8. The van der Waals surface area contributed by atoms with E-state index in [0.717, 1.165) is 0 Å². The Morgan fingerprint density at radius 3 is 2.64 bits per heavy atom. The van der Waals surface area contributed by atoms with Crippen molar-refractivity contribution in [3.63, 3.8) is 0 Å². The van der Waals surface area contributed by atoms with Crippen LogP contribution in [-0.2, 0) is 0 Å². The summed E-state index contributed by atoms with van der Waals surface area (Å²) in [5.74, 6) is -0.203. The van der Waals surface area contributed by atoms with Gasteiger partial charge in [-0.2, -0.15) is 0 Å². The number of hydrogen-bond donors (Lipinski definition) is 0. The molecule has 0 fully saturated rings. The first kappa shape index (κ1) is 6.22. The minimum atomic E-state index is -0.113. The predicted molar refractivity (Wildman–Crippen MR) is 37.5 cm³/mol. The maximum absolute atomic E-state index is 11.0. The van der Waals surface area contributed by atoms with Gasteiger partial charge in [0.05, 0.1) is 6.42 Å². The number of rotatable bonds is 0. The number of ketones is 2. The first-order valence-electron chi connectivity index (χ1n) is 3.29. The topological polar surface area (TPSA) is 47.0 Å². The van der Waals surface area contributed by atoms with Gasteiger partial charge in [-0.05, 0) is 6.07 Å². The predicted octanol–water partition coefficient (Wildman–Crippen LogP) is 0.851. The minimum absolute atomic E-state index is 0.0149. The van der Waals surface area contributed by atoms with Crippen molar-refractivity contribution in [2.45, 2.75) is 6.42 Å². The van der Waals surface area contributed by atoms with Gasteiger partial charge in [-0.25, -0.2) is 0 Å². The van der Waals surface area contributed by atoms with Crippen LogP contribution in [0.25, 0.3) is 0 Å². The van der Waals surface area contributed by atoms with E-state index in [1.165, 1.54) is 12.4 Å². The lowest BCUT2D eigenvalue weighted by Crippen LogP contribution is -1.90. The summed E-state index contributed by atoms with van der Waals surface area (Å²) in [6.45, 7) is 0. The zero-order valence-electron chi connectivity index (χ0n) is 5.70. The van der Waals surface area contributed by atoms with Crippen molar-refractivity contribution in [2.75, 3.05) is 0 Å². The third kappa shape index (κ3) is 0.774. The lowest BCUT2D eigenvalue weighted by Gasteiger charge is -1.90. The van der Waals surface area contributed by atoms with E-state index in [4.69, 9.17) is 0 Å². The molecule has 0 N–H and O–H groups in total. The van der Waals surface area contributed by atoms with Crippen LogP contribution in [0, 0.1) is 0 Å². The second kappa shape index (κ2) is 1.99. The van der Waals surface area contributed by atoms with Crippen LogP contribution in [0.2, 0.25) is 0 Å². The molecule has 0 aromatic carbocycles. The van der Waals surface area contributed by atoms with Gasteiger partial charge in [0.15, 0.2) is 11.6 Å². The fourth-order valence-electron chi connectivity index (χ4n) is 1.20. The van der Waals surface area contributed by atoms with Crippen molar-refractivity contribution in [1.82, 2.24) is 4.98 Å². The maximum atomic E-state index is 11.0. The highest BCUT2D eigenvalue weighted by Crippen LogP contribution is 2.19. The van der Waals surface area contributed by atoms with E-state index in [9.17, 15) is 9.59 Å². The quantitative estimate of drug-likeness (QED) is 0.511. The Hall–Kier alpha value is -1.51. The van der Waals surface area contributed by atoms with Crippen LogP contribution in [0.1, 0.15) is 27.1 Å². The molecule has 3 heteroatoms. The second-order valence-electron chi connectivity index (χ2n) is 2.44. The highest BCUT2D eigenvalue weighted by Gasteiger charge is 2.26. The number of pyridine rings is 1. The molecule has 0 radical (unpaired) electrons. The van der Waals surface area contributed by atoms with Crippen LogP contribution in [0.15, 0.2) is 18.5 Å². The van der Waals surface area contributed by atoms with Gasteiger partial charge in [-0.1, -0.05) is 0 Å². The molecule has 1 aliphatic carbocycles. The van der Waals surface area contributed by atoms with Crippen LogP contribution < -0.4 is 0 Å². The molecular weight excluding hydrogens is 142 g/mol. The van der Waals surface area contributed by atoms with E-state index in [1.54, 1.807) is 6.07 Å². The van der Waals surface area contributed by atoms with Crippen molar-refractivity contribution in [1.29, 1.82) is 0 Å². The molecule has 54 valence electrons. The zero-order valence-corrected chi connectivity index (χ0v) is 5.70. The van der Waals surface area contributed by atoms with Crippen molar-refractivity contribution in [2.24, 2.45) is 0 Å². The summed E-state index contributed by atoms with van der Waals surface area (Å²) in [7, 11) is 0. The summed E-state index contributed by atoms with van der Waals surface area (Å²) in [5.41, 5.74) is 0.988. The Labute approximate surface area is 63.1 Å². The van der Waals surface area contributed by atoms with E-state index in [1.807, 2.05) is 0 Å². The Bertz CT molecular complexity index is 311. The van der Waals surface area contributed by atoms with E-state index in [-0.39, 0.29) is 18.0 Å². The Morgan fingerprint density at radius 2 is 1.91 bits per heavy atom. The van der Waals surface area contributed by atoms with Gasteiger partial charge in [0.1, 0.15) is 0 Å². The van der Waals surface area contributed by atoms with Crippen molar-refractivity contribution >= 4 is 11.6 Å². The highest BCUT2D eigenvalue weighted by molar-refractivity contribution is 6.24. The first-order valence-corrected chi connectivity index (χ1v) is 3.29. The van der Waals surface area contributed by atoms with Crippen LogP contribution in [0.4, 0.5) is 0 Å². The Kier molecular flexibility index (Phi) is 1.12. The lowest BCUT2D eigenvalue weighted by molar-refractivity contribution is 0.0923. The third-order valence-electron chi connectivity index (χ3n) is 1.74. The van der Waals surface area contributed by atoms with Crippen molar-refractivity contribution in [3.05, 3.63) is 29.6 Å². The molecule has 0 atom stereocenters. The smallest absolute Gasteiger partial charge is 0.172 e.